The van der Waals surface area contributed by atoms with Gasteiger partial charge in [-0.15, -0.1) is 0 Å². The van der Waals surface area contributed by atoms with Crippen molar-refractivity contribution in [3.05, 3.63) is 70.8 Å². The zero-order valence-electron chi connectivity index (χ0n) is 18.0. The Morgan fingerprint density at radius 3 is 2.37 bits per heavy atom. The van der Waals surface area contributed by atoms with Crippen molar-refractivity contribution in [1.82, 2.24) is 14.7 Å². The van der Waals surface area contributed by atoms with Gasteiger partial charge < -0.3 is 9.80 Å². The molecular weight excluding hydrogens is 374 g/mol. The van der Waals surface area contributed by atoms with E-state index in [2.05, 4.69) is 43.0 Å². The van der Waals surface area contributed by atoms with Gasteiger partial charge in [-0.2, -0.15) is 0 Å². The average Bonchev–Trinajstić information content (AvgIpc) is 3.10. The second-order valence-electron chi connectivity index (χ2n) is 8.44. The van der Waals surface area contributed by atoms with E-state index in [1.54, 1.807) is 0 Å². The number of fused-ring (bicyclic) bond motifs is 1. The Bertz CT molecular complexity index is 901. The number of piperazine rings is 1. The van der Waals surface area contributed by atoms with Crippen LogP contribution in [-0.4, -0.2) is 59.2 Å². The molecule has 0 saturated carbocycles. The first-order chi connectivity index (χ1) is 14.6. The van der Waals surface area contributed by atoms with Crippen molar-refractivity contribution in [3.63, 3.8) is 0 Å². The van der Waals surface area contributed by atoms with Gasteiger partial charge in [0.2, 0.25) is 5.91 Å². The summed E-state index contributed by atoms with van der Waals surface area (Å²) in [5.41, 5.74) is 4.00. The largest absolute Gasteiger partial charge is 0.340 e. The molecule has 2 aromatic rings. The molecule has 0 radical (unpaired) electrons. The summed E-state index contributed by atoms with van der Waals surface area (Å²) in [6.45, 7) is 9.30. The molecule has 30 heavy (non-hydrogen) atoms. The number of amides is 2. The highest BCUT2D eigenvalue weighted by Gasteiger charge is 2.35. The number of hydrogen-bond donors (Lipinski definition) is 0. The number of carbonyl (C=O) groups is 2. The SMILES string of the molecule is CCCN1CCN(C(=O)CC(c2ccc(C)cc2)N2Cc3ccccc3C2=O)CC1. The Balaban J connectivity index is 1.53. The topological polar surface area (TPSA) is 43.9 Å². The van der Waals surface area contributed by atoms with Gasteiger partial charge >= 0.3 is 0 Å². The second-order valence-corrected chi connectivity index (χ2v) is 8.44. The summed E-state index contributed by atoms with van der Waals surface area (Å²) in [5.74, 6) is 0.164. The fourth-order valence-corrected chi connectivity index (χ4v) is 4.56. The lowest BCUT2D eigenvalue weighted by Crippen LogP contribution is -2.49. The Labute approximate surface area is 179 Å². The van der Waals surface area contributed by atoms with E-state index in [4.69, 9.17) is 0 Å². The van der Waals surface area contributed by atoms with Gasteiger partial charge in [0.05, 0.1) is 12.5 Å². The molecule has 4 rings (SSSR count). The Hall–Kier alpha value is -2.66. The van der Waals surface area contributed by atoms with Crippen molar-refractivity contribution in [2.45, 2.75) is 39.3 Å². The highest BCUT2D eigenvalue weighted by atomic mass is 16.2. The van der Waals surface area contributed by atoms with Gasteiger partial charge in [-0.1, -0.05) is 55.0 Å². The van der Waals surface area contributed by atoms with Crippen LogP contribution < -0.4 is 0 Å². The van der Waals surface area contributed by atoms with Crippen molar-refractivity contribution in [2.75, 3.05) is 32.7 Å². The molecule has 0 aromatic heterocycles. The van der Waals surface area contributed by atoms with Crippen molar-refractivity contribution >= 4 is 11.8 Å². The molecule has 1 unspecified atom stereocenters. The highest BCUT2D eigenvalue weighted by molar-refractivity contribution is 5.98. The molecule has 2 aromatic carbocycles. The second kappa shape index (κ2) is 9.00. The van der Waals surface area contributed by atoms with E-state index in [0.717, 1.165) is 55.8 Å². The van der Waals surface area contributed by atoms with Crippen LogP contribution in [0.4, 0.5) is 0 Å². The van der Waals surface area contributed by atoms with Crippen molar-refractivity contribution < 1.29 is 9.59 Å². The molecular formula is C25H31N3O2. The van der Waals surface area contributed by atoms with Crippen LogP contribution in [0.15, 0.2) is 48.5 Å². The molecule has 1 atom stereocenters. The van der Waals surface area contributed by atoms with Crippen molar-refractivity contribution in [2.24, 2.45) is 0 Å². The minimum absolute atomic E-state index is 0.0248. The Morgan fingerprint density at radius 1 is 1.00 bits per heavy atom. The summed E-state index contributed by atoms with van der Waals surface area (Å²) < 4.78 is 0. The van der Waals surface area contributed by atoms with E-state index >= 15 is 0 Å². The van der Waals surface area contributed by atoms with Crippen molar-refractivity contribution in [1.29, 1.82) is 0 Å². The smallest absolute Gasteiger partial charge is 0.255 e. The van der Waals surface area contributed by atoms with E-state index < -0.39 is 0 Å². The zero-order valence-corrected chi connectivity index (χ0v) is 18.0. The van der Waals surface area contributed by atoms with Crippen LogP contribution in [0.2, 0.25) is 0 Å². The monoisotopic (exact) mass is 405 g/mol. The molecule has 2 aliphatic rings. The first-order valence-electron chi connectivity index (χ1n) is 11.0. The maximum atomic E-state index is 13.2. The molecule has 0 spiro atoms. The van der Waals surface area contributed by atoms with Crippen molar-refractivity contribution in [3.8, 4) is 0 Å². The third-order valence-electron chi connectivity index (χ3n) is 6.32. The van der Waals surface area contributed by atoms with Crippen LogP contribution in [0.3, 0.4) is 0 Å². The predicted molar refractivity (Wildman–Crippen MR) is 118 cm³/mol. The number of nitrogens with zero attached hydrogens (tertiary/aromatic N) is 3. The lowest BCUT2D eigenvalue weighted by molar-refractivity contribution is -0.134. The first-order valence-corrected chi connectivity index (χ1v) is 11.0. The van der Waals surface area contributed by atoms with Crippen LogP contribution in [-0.2, 0) is 11.3 Å². The quantitative estimate of drug-likeness (QED) is 0.737. The van der Waals surface area contributed by atoms with Gasteiger partial charge in [-0.25, -0.2) is 0 Å². The highest BCUT2D eigenvalue weighted by Crippen LogP contribution is 2.34. The summed E-state index contributed by atoms with van der Waals surface area (Å²) in [6.07, 6.45) is 1.47. The van der Waals surface area contributed by atoms with Gasteiger partial charge in [-0.05, 0) is 37.1 Å². The van der Waals surface area contributed by atoms with Gasteiger partial charge in [0.15, 0.2) is 0 Å². The summed E-state index contributed by atoms with van der Waals surface area (Å²) in [5, 5.41) is 0. The average molecular weight is 406 g/mol. The third kappa shape index (κ3) is 4.26. The van der Waals surface area contributed by atoms with Crippen LogP contribution in [0, 0.1) is 6.92 Å². The molecule has 2 amide bonds. The molecule has 2 aliphatic heterocycles. The van der Waals surface area contributed by atoms with Gasteiger partial charge in [-0.3, -0.25) is 14.5 Å². The maximum absolute atomic E-state index is 13.2. The van der Waals surface area contributed by atoms with Gasteiger partial charge in [0.25, 0.3) is 5.91 Å². The van der Waals surface area contributed by atoms with E-state index in [0.29, 0.717) is 13.0 Å². The molecule has 5 heteroatoms. The van der Waals surface area contributed by atoms with E-state index in [9.17, 15) is 9.59 Å². The third-order valence-corrected chi connectivity index (χ3v) is 6.32. The summed E-state index contributed by atoms with van der Waals surface area (Å²) in [6, 6.07) is 15.8. The Morgan fingerprint density at radius 2 is 1.70 bits per heavy atom. The molecule has 1 fully saturated rings. The minimum Gasteiger partial charge on any atom is -0.340 e. The summed E-state index contributed by atoms with van der Waals surface area (Å²) >= 11 is 0. The fourth-order valence-electron chi connectivity index (χ4n) is 4.56. The summed E-state index contributed by atoms with van der Waals surface area (Å²) in [4.78, 5) is 32.6. The molecule has 0 aliphatic carbocycles. The van der Waals surface area contributed by atoms with Crippen LogP contribution >= 0.6 is 0 Å². The molecule has 0 bridgehead atoms. The number of rotatable bonds is 6. The molecule has 5 nitrogen and oxygen atoms in total. The zero-order chi connectivity index (χ0) is 21.1. The predicted octanol–water partition coefficient (Wildman–Crippen LogP) is 3.64. The van der Waals surface area contributed by atoms with Gasteiger partial charge in [0, 0.05) is 38.3 Å². The van der Waals surface area contributed by atoms with E-state index in [1.165, 1.54) is 5.56 Å². The van der Waals surface area contributed by atoms with Crippen LogP contribution in [0.1, 0.15) is 52.9 Å². The molecule has 1 saturated heterocycles. The molecule has 158 valence electrons. The first kappa shape index (κ1) is 20.6. The number of aryl methyl sites for hydroxylation is 1. The standard InChI is InChI=1S/C25H31N3O2/c1-3-12-26-13-15-27(16-14-26)24(29)17-23(20-10-8-19(2)9-11-20)28-18-21-6-4-5-7-22(21)25(28)30/h4-11,23H,3,12-18H2,1-2H3. The number of hydrogen-bond acceptors (Lipinski definition) is 3. The fraction of sp³-hybridized carbons (Fsp3) is 0.440. The van der Waals surface area contributed by atoms with Crippen LogP contribution in [0.25, 0.3) is 0 Å². The van der Waals surface area contributed by atoms with Crippen LogP contribution in [0.5, 0.6) is 0 Å². The number of benzene rings is 2. The summed E-state index contributed by atoms with van der Waals surface area (Å²) in [7, 11) is 0. The number of carbonyl (C=O) groups excluding carboxylic acids is 2. The Kier molecular flexibility index (Phi) is 6.18. The van der Waals surface area contributed by atoms with E-state index in [-0.39, 0.29) is 17.9 Å². The lowest BCUT2D eigenvalue weighted by Gasteiger charge is -2.36. The van der Waals surface area contributed by atoms with E-state index in [1.807, 2.05) is 34.1 Å². The minimum atomic E-state index is -0.244. The molecule has 2 heterocycles. The normalized spacial score (nSPS) is 17.9. The lowest BCUT2D eigenvalue weighted by atomic mass is 9.99. The molecule has 0 N–H and O–H groups in total. The van der Waals surface area contributed by atoms with Gasteiger partial charge in [0.1, 0.15) is 0 Å². The maximum Gasteiger partial charge on any atom is 0.255 e.